The predicted molar refractivity (Wildman–Crippen MR) is 85.3 cm³/mol. The van der Waals surface area contributed by atoms with Crippen molar-refractivity contribution in [2.24, 2.45) is 0 Å². The number of aryl methyl sites for hydroxylation is 2. The molecule has 3 aromatic rings. The van der Waals surface area contributed by atoms with E-state index in [0.717, 1.165) is 10.5 Å². The van der Waals surface area contributed by atoms with Gasteiger partial charge in [-0.25, -0.2) is 4.98 Å². The molecule has 0 spiro atoms. The second kappa shape index (κ2) is 4.04. The van der Waals surface area contributed by atoms with E-state index in [1.807, 2.05) is 11.3 Å². The van der Waals surface area contributed by atoms with Gasteiger partial charge in [-0.15, -0.1) is 11.3 Å². The first-order valence-corrected chi connectivity index (χ1v) is 7.49. The van der Waals surface area contributed by atoms with E-state index in [0.29, 0.717) is 0 Å². The molecule has 98 valence electrons. The molecule has 1 aromatic carbocycles. The SMILES string of the molecule is Cc1ccc2c(n1)sc1c(C(C)(C)C)c(C)ccc12. The summed E-state index contributed by atoms with van der Waals surface area (Å²) in [5.74, 6) is 0. The zero-order valence-electron chi connectivity index (χ0n) is 12.2. The molecule has 0 N–H and O–H groups in total. The van der Waals surface area contributed by atoms with E-state index in [4.69, 9.17) is 0 Å². The van der Waals surface area contributed by atoms with Crippen LogP contribution in [0, 0.1) is 13.8 Å². The summed E-state index contributed by atoms with van der Waals surface area (Å²) in [6.45, 7) is 11.1. The lowest BCUT2D eigenvalue weighted by Gasteiger charge is -2.22. The molecule has 0 radical (unpaired) electrons. The minimum atomic E-state index is 0.166. The highest BCUT2D eigenvalue weighted by Crippen LogP contribution is 2.40. The normalized spacial score (nSPS) is 12.5. The summed E-state index contributed by atoms with van der Waals surface area (Å²) < 4.78 is 1.40. The van der Waals surface area contributed by atoms with Crippen LogP contribution in [0.3, 0.4) is 0 Å². The van der Waals surface area contributed by atoms with Crippen LogP contribution in [-0.4, -0.2) is 4.98 Å². The van der Waals surface area contributed by atoms with Crippen LogP contribution in [0.25, 0.3) is 20.3 Å². The third kappa shape index (κ3) is 1.95. The Labute approximate surface area is 118 Å². The van der Waals surface area contributed by atoms with Gasteiger partial charge >= 0.3 is 0 Å². The van der Waals surface area contributed by atoms with E-state index in [9.17, 15) is 0 Å². The molecule has 0 aliphatic rings. The molecule has 2 heteroatoms. The molecule has 0 fully saturated rings. The number of hydrogen-bond donors (Lipinski definition) is 0. The standard InChI is InChI=1S/C17H19NS/c1-10-6-8-12-13-9-7-11(2)18-16(13)19-15(12)14(10)17(3,4)5/h6-9H,1-5H3. The van der Waals surface area contributed by atoms with Crippen molar-refractivity contribution in [2.75, 3.05) is 0 Å². The van der Waals surface area contributed by atoms with Gasteiger partial charge in [-0.2, -0.15) is 0 Å². The van der Waals surface area contributed by atoms with Gasteiger partial charge in [-0.05, 0) is 42.5 Å². The van der Waals surface area contributed by atoms with Gasteiger partial charge in [0.05, 0.1) is 0 Å². The Morgan fingerprint density at radius 3 is 2.32 bits per heavy atom. The maximum atomic E-state index is 4.68. The van der Waals surface area contributed by atoms with Crippen LogP contribution in [0.2, 0.25) is 0 Å². The number of thiophene rings is 1. The average molecular weight is 269 g/mol. The molecule has 0 atom stereocenters. The van der Waals surface area contributed by atoms with Crippen LogP contribution in [0.15, 0.2) is 24.3 Å². The molecule has 0 aliphatic heterocycles. The largest absolute Gasteiger partial charge is 0.242 e. The lowest BCUT2D eigenvalue weighted by atomic mass is 9.83. The summed E-state index contributed by atoms with van der Waals surface area (Å²) in [6, 6.07) is 8.80. The van der Waals surface area contributed by atoms with E-state index in [2.05, 4.69) is 63.9 Å². The van der Waals surface area contributed by atoms with E-state index in [1.54, 1.807) is 0 Å². The average Bonchev–Trinajstić information content (AvgIpc) is 2.63. The smallest absolute Gasteiger partial charge is 0.124 e. The molecule has 0 aliphatic carbocycles. The molecule has 3 rings (SSSR count). The van der Waals surface area contributed by atoms with Gasteiger partial charge in [-0.1, -0.05) is 32.9 Å². The Balaban J connectivity index is 2.50. The van der Waals surface area contributed by atoms with Crippen molar-refractivity contribution >= 4 is 31.6 Å². The van der Waals surface area contributed by atoms with Gasteiger partial charge < -0.3 is 0 Å². The zero-order valence-corrected chi connectivity index (χ0v) is 13.0. The van der Waals surface area contributed by atoms with Gasteiger partial charge in [0.25, 0.3) is 0 Å². The third-order valence-corrected chi connectivity index (χ3v) is 4.74. The summed E-state index contributed by atoms with van der Waals surface area (Å²) in [5.41, 5.74) is 4.10. The minimum absolute atomic E-state index is 0.166. The van der Waals surface area contributed by atoms with Gasteiger partial charge in [0, 0.05) is 21.2 Å². The number of fused-ring (bicyclic) bond motifs is 3. The fourth-order valence-electron chi connectivity index (χ4n) is 2.84. The fraction of sp³-hybridized carbons (Fsp3) is 0.353. The van der Waals surface area contributed by atoms with Gasteiger partial charge in [0.15, 0.2) is 0 Å². The number of nitrogens with zero attached hydrogens (tertiary/aromatic N) is 1. The Kier molecular flexibility index (Phi) is 2.68. The van der Waals surface area contributed by atoms with Crippen LogP contribution < -0.4 is 0 Å². The quantitative estimate of drug-likeness (QED) is 0.535. The van der Waals surface area contributed by atoms with Gasteiger partial charge in [0.2, 0.25) is 0 Å². The Bertz CT molecular complexity index is 775. The fourth-order valence-corrected chi connectivity index (χ4v) is 4.37. The molecule has 19 heavy (non-hydrogen) atoms. The summed E-state index contributed by atoms with van der Waals surface area (Å²) >= 11 is 1.83. The van der Waals surface area contributed by atoms with Crippen molar-refractivity contribution in [1.82, 2.24) is 4.98 Å². The molecule has 0 amide bonds. The molecular weight excluding hydrogens is 250 g/mol. The molecule has 0 saturated heterocycles. The Morgan fingerprint density at radius 1 is 0.947 bits per heavy atom. The van der Waals surface area contributed by atoms with Crippen LogP contribution in [0.1, 0.15) is 37.6 Å². The highest BCUT2D eigenvalue weighted by Gasteiger charge is 2.21. The summed E-state index contributed by atoms with van der Waals surface area (Å²) in [4.78, 5) is 5.84. The molecular formula is C17H19NS. The topological polar surface area (TPSA) is 12.9 Å². The molecule has 2 heterocycles. The number of rotatable bonds is 0. The minimum Gasteiger partial charge on any atom is -0.242 e. The first-order chi connectivity index (χ1) is 8.88. The van der Waals surface area contributed by atoms with Crippen molar-refractivity contribution in [2.45, 2.75) is 40.0 Å². The van der Waals surface area contributed by atoms with Gasteiger partial charge in [-0.3, -0.25) is 0 Å². The van der Waals surface area contributed by atoms with Crippen LogP contribution in [0.5, 0.6) is 0 Å². The van der Waals surface area contributed by atoms with Crippen LogP contribution >= 0.6 is 11.3 Å². The van der Waals surface area contributed by atoms with Crippen molar-refractivity contribution in [1.29, 1.82) is 0 Å². The van der Waals surface area contributed by atoms with Crippen molar-refractivity contribution in [3.63, 3.8) is 0 Å². The highest BCUT2D eigenvalue weighted by atomic mass is 32.1. The monoisotopic (exact) mass is 269 g/mol. The van der Waals surface area contributed by atoms with E-state index >= 15 is 0 Å². The summed E-state index contributed by atoms with van der Waals surface area (Å²) in [5, 5.41) is 2.64. The number of aromatic nitrogens is 1. The lowest BCUT2D eigenvalue weighted by Crippen LogP contribution is -2.13. The summed E-state index contributed by atoms with van der Waals surface area (Å²) in [7, 11) is 0. The van der Waals surface area contributed by atoms with Crippen LogP contribution in [0.4, 0.5) is 0 Å². The van der Waals surface area contributed by atoms with Crippen molar-refractivity contribution in [3.8, 4) is 0 Å². The molecule has 2 aromatic heterocycles. The molecule has 0 bridgehead atoms. The molecule has 1 nitrogen and oxygen atoms in total. The van der Waals surface area contributed by atoms with Gasteiger partial charge in [0.1, 0.15) is 4.83 Å². The second-order valence-electron chi connectivity index (χ2n) is 6.29. The Hall–Kier alpha value is -1.41. The van der Waals surface area contributed by atoms with E-state index in [1.165, 1.54) is 26.6 Å². The highest BCUT2D eigenvalue weighted by molar-refractivity contribution is 7.25. The lowest BCUT2D eigenvalue weighted by molar-refractivity contribution is 0.593. The van der Waals surface area contributed by atoms with E-state index < -0.39 is 0 Å². The predicted octanol–water partition coefficient (Wildman–Crippen LogP) is 5.36. The first kappa shape index (κ1) is 12.6. The zero-order chi connectivity index (χ0) is 13.8. The maximum Gasteiger partial charge on any atom is 0.124 e. The molecule has 0 unspecified atom stereocenters. The Morgan fingerprint density at radius 2 is 1.63 bits per heavy atom. The van der Waals surface area contributed by atoms with E-state index in [-0.39, 0.29) is 5.41 Å². The number of pyridine rings is 1. The maximum absolute atomic E-state index is 4.68. The second-order valence-corrected chi connectivity index (χ2v) is 7.29. The number of benzene rings is 1. The summed E-state index contributed by atoms with van der Waals surface area (Å²) in [6.07, 6.45) is 0. The van der Waals surface area contributed by atoms with Crippen LogP contribution in [-0.2, 0) is 5.41 Å². The molecule has 0 saturated carbocycles. The van der Waals surface area contributed by atoms with Crippen molar-refractivity contribution < 1.29 is 0 Å². The number of hydrogen-bond acceptors (Lipinski definition) is 2. The van der Waals surface area contributed by atoms with Crippen molar-refractivity contribution in [3.05, 3.63) is 41.1 Å². The first-order valence-electron chi connectivity index (χ1n) is 6.68. The third-order valence-electron chi connectivity index (χ3n) is 3.60.